The molecular weight excluding hydrogens is 298 g/mol. The standard InChI is InChI=1S/C15H13ClF2N2O/c1-8-6-10(7-13(16)19-8)15(21)20-9(2)14-11(17)4-3-5-12(14)18/h3-7,9H,1-2H3,(H,20,21). The van der Waals surface area contributed by atoms with E-state index in [9.17, 15) is 13.6 Å². The Bertz CT molecular complexity index is 651. The zero-order chi connectivity index (χ0) is 15.6. The second-order valence-corrected chi connectivity index (χ2v) is 5.04. The monoisotopic (exact) mass is 310 g/mol. The Kier molecular flexibility index (Phi) is 4.53. The number of carbonyl (C=O) groups excluding carboxylic acids is 1. The highest BCUT2D eigenvalue weighted by molar-refractivity contribution is 6.29. The number of nitrogens with one attached hydrogen (secondary N) is 1. The van der Waals surface area contributed by atoms with Gasteiger partial charge in [0.2, 0.25) is 0 Å². The molecular formula is C15H13ClF2N2O. The predicted octanol–water partition coefficient (Wildman–Crippen LogP) is 3.81. The summed E-state index contributed by atoms with van der Waals surface area (Å²) in [7, 11) is 0. The van der Waals surface area contributed by atoms with Crippen LogP contribution in [-0.4, -0.2) is 10.9 Å². The third kappa shape index (κ3) is 3.55. The second kappa shape index (κ2) is 6.18. The molecule has 6 heteroatoms. The Morgan fingerprint density at radius 3 is 2.48 bits per heavy atom. The third-order valence-corrected chi connectivity index (χ3v) is 3.16. The molecule has 1 aromatic carbocycles. The number of pyridine rings is 1. The van der Waals surface area contributed by atoms with Crippen LogP contribution in [0, 0.1) is 18.6 Å². The Morgan fingerprint density at radius 1 is 1.29 bits per heavy atom. The smallest absolute Gasteiger partial charge is 0.251 e. The molecule has 1 aromatic heterocycles. The zero-order valence-electron chi connectivity index (χ0n) is 11.5. The van der Waals surface area contributed by atoms with Crippen molar-refractivity contribution >= 4 is 17.5 Å². The van der Waals surface area contributed by atoms with Gasteiger partial charge >= 0.3 is 0 Å². The molecule has 0 radical (unpaired) electrons. The molecule has 0 aliphatic heterocycles. The zero-order valence-corrected chi connectivity index (χ0v) is 12.2. The van der Waals surface area contributed by atoms with Crippen LogP contribution in [0.1, 0.15) is 34.6 Å². The lowest BCUT2D eigenvalue weighted by Gasteiger charge is -2.16. The number of aryl methyl sites for hydroxylation is 1. The molecule has 1 atom stereocenters. The lowest BCUT2D eigenvalue weighted by Crippen LogP contribution is -2.28. The molecule has 1 amide bonds. The fourth-order valence-electron chi connectivity index (χ4n) is 2.04. The predicted molar refractivity (Wildman–Crippen MR) is 76.2 cm³/mol. The molecule has 0 spiro atoms. The van der Waals surface area contributed by atoms with E-state index in [4.69, 9.17) is 11.6 Å². The average Bonchev–Trinajstić information content (AvgIpc) is 2.37. The summed E-state index contributed by atoms with van der Waals surface area (Å²) in [5, 5.41) is 2.73. The molecule has 3 nitrogen and oxygen atoms in total. The number of rotatable bonds is 3. The SMILES string of the molecule is Cc1cc(C(=O)NC(C)c2c(F)cccc2F)cc(Cl)n1. The highest BCUT2D eigenvalue weighted by atomic mass is 35.5. The maximum Gasteiger partial charge on any atom is 0.251 e. The molecule has 0 bridgehead atoms. The van der Waals surface area contributed by atoms with Crippen molar-refractivity contribution < 1.29 is 13.6 Å². The van der Waals surface area contributed by atoms with Crippen LogP contribution in [0.3, 0.4) is 0 Å². The molecule has 2 rings (SSSR count). The van der Waals surface area contributed by atoms with Crippen molar-refractivity contribution in [3.63, 3.8) is 0 Å². The van der Waals surface area contributed by atoms with Gasteiger partial charge < -0.3 is 5.32 Å². The molecule has 1 N–H and O–H groups in total. The molecule has 0 fully saturated rings. The Balaban J connectivity index is 2.23. The largest absolute Gasteiger partial charge is 0.345 e. The summed E-state index contributed by atoms with van der Waals surface area (Å²) in [4.78, 5) is 16.1. The Morgan fingerprint density at radius 2 is 1.90 bits per heavy atom. The van der Waals surface area contributed by atoms with Gasteiger partial charge in [-0.25, -0.2) is 13.8 Å². The number of benzene rings is 1. The minimum absolute atomic E-state index is 0.178. The van der Waals surface area contributed by atoms with Gasteiger partial charge in [-0.2, -0.15) is 0 Å². The topological polar surface area (TPSA) is 42.0 Å². The summed E-state index contributed by atoms with van der Waals surface area (Å²) in [6, 6.07) is 5.70. The summed E-state index contributed by atoms with van der Waals surface area (Å²) in [6.07, 6.45) is 0. The van der Waals surface area contributed by atoms with Crippen molar-refractivity contribution in [3.8, 4) is 0 Å². The van der Waals surface area contributed by atoms with Crippen molar-refractivity contribution in [3.05, 3.63) is 63.9 Å². The minimum atomic E-state index is -0.814. The van der Waals surface area contributed by atoms with Crippen LogP contribution in [0.5, 0.6) is 0 Å². The van der Waals surface area contributed by atoms with Crippen molar-refractivity contribution in [2.45, 2.75) is 19.9 Å². The van der Waals surface area contributed by atoms with Crippen LogP contribution in [-0.2, 0) is 0 Å². The molecule has 0 aliphatic rings. The van der Waals surface area contributed by atoms with E-state index in [1.165, 1.54) is 19.1 Å². The normalized spacial score (nSPS) is 12.0. The van der Waals surface area contributed by atoms with Crippen molar-refractivity contribution in [2.24, 2.45) is 0 Å². The number of amides is 1. The first-order chi connectivity index (χ1) is 9.88. The van der Waals surface area contributed by atoms with Gasteiger partial charge in [-0.15, -0.1) is 0 Å². The van der Waals surface area contributed by atoms with Gasteiger partial charge in [0, 0.05) is 16.8 Å². The molecule has 0 saturated heterocycles. The molecule has 2 aromatic rings. The highest BCUT2D eigenvalue weighted by Crippen LogP contribution is 2.21. The van der Waals surface area contributed by atoms with E-state index in [1.54, 1.807) is 13.0 Å². The van der Waals surface area contributed by atoms with E-state index in [0.29, 0.717) is 5.69 Å². The lowest BCUT2D eigenvalue weighted by molar-refractivity contribution is 0.0938. The molecule has 0 saturated carbocycles. The third-order valence-electron chi connectivity index (χ3n) is 2.96. The minimum Gasteiger partial charge on any atom is -0.345 e. The van der Waals surface area contributed by atoms with Crippen LogP contribution in [0.15, 0.2) is 30.3 Å². The lowest BCUT2D eigenvalue weighted by atomic mass is 10.1. The molecule has 110 valence electrons. The van der Waals surface area contributed by atoms with Crippen LogP contribution >= 0.6 is 11.6 Å². The van der Waals surface area contributed by atoms with Gasteiger partial charge in [0.15, 0.2) is 0 Å². The van der Waals surface area contributed by atoms with E-state index in [2.05, 4.69) is 10.3 Å². The van der Waals surface area contributed by atoms with Crippen molar-refractivity contribution in [1.82, 2.24) is 10.3 Å². The Labute approximate surface area is 126 Å². The van der Waals surface area contributed by atoms with E-state index in [1.807, 2.05) is 0 Å². The van der Waals surface area contributed by atoms with Crippen molar-refractivity contribution in [1.29, 1.82) is 0 Å². The maximum atomic E-state index is 13.7. The van der Waals surface area contributed by atoms with E-state index in [0.717, 1.165) is 12.1 Å². The first-order valence-electron chi connectivity index (χ1n) is 6.27. The van der Waals surface area contributed by atoms with Gasteiger partial charge in [-0.3, -0.25) is 4.79 Å². The number of hydrogen-bond donors (Lipinski definition) is 1. The fourth-order valence-corrected chi connectivity index (χ4v) is 2.29. The number of nitrogens with zero attached hydrogens (tertiary/aromatic N) is 1. The number of carbonyl (C=O) groups is 1. The van der Waals surface area contributed by atoms with Crippen LogP contribution < -0.4 is 5.32 Å². The van der Waals surface area contributed by atoms with E-state index >= 15 is 0 Å². The number of hydrogen-bond acceptors (Lipinski definition) is 2. The first kappa shape index (κ1) is 15.4. The maximum absolute atomic E-state index is 13.7. The van der Waals surface area contributed by atoms with Gasteiger partial charge in [0.1, 0.15) is 16.8 Å². The average molecular weight is 311 g/mol. The summed E-state index contributed by atoms with van der Waals surface area (Å²) >= 11 is 5.79. The van der Waals surface area contributed by atoms with Gasteiger partial charge in [-0.05, 0) is 38.1 Å². The fraction of sp³-hybridized carbons (Fsp3) is 0.200. The molecule has 1 heterocycles. The molecule has 1 unspecified atom stereocenters. The van der Waals surface area contributed by atoms with E-state index < -0.39 is 23.6 Å². The van der Waals surface area contributed by atoms with E-state index in [-0.39, 0.29) is 16.3 Å². The summed E-state index contributed by atoms with van der Waals surface area (Å²) in [5.74, 6) is -1.88. The van der Waals surface area contributed by atoms with Gasteiger partial charge in [-0.1, -0.05) is 17.7 Å². The summed E-state index contributed by atoms with van der Waals surface area (Å²) < 4.78 is 27.3. The second-order valence-electron chi connectivity index (χ2n) is 4.65. The molecule has 0 aliphatic carbocycles. The van der Waals surface area contributed by atoms with Gasteiger partial charge in [0.25, 0.3) is 5.91 Å². The first-order valence-corrected chi connectivity index (χ1v) is 6.65. The van der Waals surface area contributed by atoms with Crippen LogP contribution in [0.4, 0.5) is 8.78 Å². The van der Waals surface area contributed by atoms with Crippen LogP contribution in [0.2, 0.25) is 5.15 Å². The van der Waals surface area contributed by atoms with Crippen molar-refractivity contribution in [2.75, 3.05) is 0 Å². The Hall–Kier alpha value is -2.01. The molecule has 21 heavy (non-hydrogen) atoms. The van der Waals surface area contributed by atoms with Gasteiger partial charge in [0.05, 0.1) is 6.04 Å². The summed E-state index contributed by atoms with van der Waals surface area (Å²) in [5.41, 5.74) is 0.691. The highest BCUT2D eigenvalue weighted by Gasteiger charge is 2.19. The summed E-state index contributed by atoms with van der Waals surface area (Å²) in [6.45, 7) is 3.21. The number of aromatic nitrogens is 1. The quantitative estimate of drug-likeness (QED) is 0.876. The number of halogens is 3. The van der Waals surface area contributed by atoms with Crippen LogP contribution in [0.25, 0.3) is 0 Å².